The van der Waals surface area contributed by atoms with E-state index in [1.54, 1.807) is 25.1 Å². The van der Waals surface area contributed by atoms with Gasteiger partial charge in [-0.05, 0) is 31.0 Å². The average Bonchev–Trinajstić information content (AvgIpc) is 2.90. The molecule has 0 bridgehead atoms. The van der Waals surface area contributed by atoms with Gasteiger partial charge in [0.15, 0.2) is 15.8 Å². The lowest BCUT2D eigenvalue weighted by Crippen LogP contribution is -2.43. The van der Waals surface area contributed by atoms with Gasteiger partial charge in [0, 0.05) is 25.9 Å². The van der Waals surface area contributed by atoms with E-state index in [9.17, 15) is 18.0 Å². The largest absolute Gasteiger partial charge is 0.357 e. The minimum atomic E-state index is -3.24. The fourth-order valence-corrected chi connectivity index (χ4v) is 3.66. The number of hydrogen-bond acceptors (Lipinski definition) is 5. The molecule has 0 aromatic heterocycles. The zero-order chi connectivity index (χ0) is 20.0. The summed E-state index contributed by atoms with van der Waals surface area (Å²) in [5, 5.41) is 8.64. The number of aliphatic imine (C=N–C) groups is 1. The molecule has 1 saturated heterocycles. The molecule has 9 nitrogen and oxygen atoms in total. The molecule has 1 aromatic rings. The molecule has 27 heavy (non-hydrogen) atoms. The number of hydrogen-bond donors (Lipinski definition) is 3. The predicted octanol–water partition coefficient (Wildman–Crippen LogP) is 0.00542. The molecular weight excluding hydrogens is 370 g/mol. The van der Waals surface area contributed by atoms with Gasteiger partial charge in [0.25, 0.3) is 0 Å². The number of amides is 3. The molecule has 10 heteroatoms. The van der Waals surface area contributed by atoms with Crippen molar-refractivity contribution in [2.45, 2.75) is 25.3 Å². The van der Waals surface area contributed by atoms with Crippen molar-refractivity contribution in [3.8, 4) is 0 Å². The van der Waals surface area contributed by atoms with Crippen LogP contribution in [0.1, 0.15) is 18.1 Å². The first-order valence-electron chi connectivity index (χ1n) is 8.62. The molecule has 1 aliphatic rings. The standard InChI is InChI=1S/C17H25N5O4S/c1-4-18-16(19-7-8-22-15(23)11-21-17(22)24)20-10-13-5-6-14(12(2)9-13)27(3,25)26/h5-6,9H,4,7-8,10-11H2,1-3H3,(H,21,24)(H2,18,19,20). The maximum absolute atomic E-state index is 11.7. The molecule has 3 amide bonds. The summed E-state index contributed by atoms with van der Waals surface area (Å²) in [5.41, 5.74) is 1.56. The van der Waals surface area contributed by atoms with Crippen LogP contribution in [0.5, 0.6) is 0 Å². The third kappa shape index (κ3) is 5.68. The van der Waals surface area contributed by atoms with Crippen molar-refractivity contribution in [1.29, 1.82) is 0 Å². The maximum atomic E-state index is 11.7. The lowest BCUT2D eigenvalue weighted by atomic mass is 10.1. The van der Waals surface area contributed by atoms with Crippen LogP contribution in [0.2, 0.25) is 0 Å². The topological polar surface area (TPSA) is 120 Å². The van der Waals surface area contributed by atoms with Crippen molar-refractivity contribution in [2.75, 3.05) is 32.4 Å². The van der Waals surface area contributed by atoms with E-state index in [1.807, 2.05) is 6.92 Å². The number of carbonyl (C=O) groups is 2. The van der Waals surface area contributed by atoms with Gasteiger partial charge in [-0.2, -0.15) is 0 Å². The van der Waals surface area contributed by atoms with Gasteiger partial charge >= 0.3 is 6.03 Å². The summed E-state index contributed by atoms with van der Waals surface area (Å²) in [4.78, 5) is 29.0. The Morgan fingerprint density at radius 3 is 2.59 bits per heavy atom. The van der Waals surface area contributed by atoms with Crippen molar-refractivity contribution < 1.29 is 18.0 Å². The lowest BCUT2D eigenvalue weighted by Gasteiger charge is -2.15. The third-order valence-electron chi connectivity index (χ3n) is 3.97. The van der Waals surface area contributed by atoms with Gasteiger partial charge in [-0.25, -0.2) is 18.2 Å². The Labute approximate surface area is 159 Å². The number of rotatable bonds is 7. The normalized spacial score (nSPS) is 15.1. The number of guanidine groups is 1. The van der Waals surface area contributed by atoms with E-state index in [0.717, 1.165) is 10.5 Å². The van der Waals surface area contributed by atoms with Gasteiger partial charge in [0.1, 0.15) is 0 Å². The minimum Gasteiger partial charge on any atom is -0.357 e. The van der Waals surface area contributed by atoms with Crippen LogP contribution in [0.4, 0.5) is 4.79 Å². The van der Waals surface area contributed by atoms with E-state index in [0.29, 0.717) is 36.1 Å². The Balaban J connectivity index is 1.97. The van der Waals surface area contributed by atoms with Crippen molar-refractivity contribution in [2.24, 2.45) is 4.99 Å². The number of nitrogens with zero attached hydrogens (tertiary/aromatic N) is 2. The van der Waals surface area contributed by atoms with Crippen molar-refractivity contribution in [3.63, 3.8) is 0 Å². The van der Waals surface area contributed by atoms with Crippen molar-refractivity contribution >= 4 is 27.7 Å². The SMILES string of the molecule is CCNC(=NCc1ccc(S(C)(=O)=O)c(C)c1)NCCN1C(=O)CNC1=O. The Hall–Kier alpha value is -2.62. The summed E-state index contributed by atoms with van der Waals surface area (Å²) in [6, 6.07) is 4.75. The quantitative estimate of drug-likeness (QED) is 0.340. The Bertz CT molecular complexity index is 835. The zero-order valence-corrected chi connectivity index (χ0v) is 16.5. The highest BCUT2D eigenvalue weighted by Crippen LogP contribution is 2.17. The highest BCUT2D eigenvalue weighted by molar-refractivity contribution is 7.90. The van der Waals surface area contributed by atoms with E-state index >= 15 is 0 Å². The van der Waals surface area contributed by atoms with Crippen LogP contribution in [0.25, 0.3) is 0 Å². The van der Waals surface area contributed by atoms with E-state index in [1.165, 1.54) is 6.26 Å². The summed E-state index contributed by atoms with van der Waals surface area (Å²) < 4.78 is 23.4. The zero-order valence-electron chi connectivity index (χ0n) is 15.7. The van der Waals surface area contributed by atoms with E-state index in [2.05, 4.69) is 20.9 Å². The summed E-state index contributed by atoms with van der Waals surface area (Å²) in [6.45, 7) is 5.36. The first-order valence-corrected chi connectivity index (χ1v) is 10.5. The monoisotopic (exact) mass is 395 g/mol. The molecule has 0 unspecified atom stereocenters. The van der Waals surface area contributed by atoms with Crippen molar-refractivity contribution in [3.05, 3.63) is 29.3 Å². The van der Waals surface area contributed by atoms with E-state index in [-0.39, 0.29) is 25.0 Å². The van der Waals surface area contributed by atoms with Crippen LogP contribution in [0, 0.1) is 6.92 Å². The average molecular weight is 395 g/mol. The van der Waals surface area contributed by atoms with Gasteiger partial charge in [0.2, 0.25) is 5.91 Å². The van der Waals surface area contributed by atoms with Crippen LogP contribution in [0.15, 0.2) is 28.1 Å². The first-order chi connectivity index (χ1) is 12.7. The summed E-state index contributed by atoms with van der Waals surface area (Å²) in [5.74, 6) is 0.305. The fraction of sp³-hybridized carbons (Fsp3) is 0.471. The Morgan fingerprint density at radius 1 is 1.30 bits per heavy atom. The summed E-state index contributed by atoms with van der Waals surface area (Å²) >= 11 is 0. The number of benzene rings is 1. The second-order valence-electron chi connectivity index (χ2n) is 6.20. The van der Waals surface area contributed by atoms with Gasteiger partial charge in [0.05, 0.1) is 18.0 Å². The molecular formula is C17H25N5O4S. The molecule has 0 atom stereocenters. The molecule has 2 rings (SSSR count). The molecule has 148 valence electrons. The molecule has 1 aromatic carbocycles. The van der Waals surface area contributed by atoms with Gasteiger partial charge < -0.3 is 16.0 Å². The van der Waals surface area contributed by atoms with Crippen LogP contribution >= 0.6 is 0 Å². The molecule has 0 spiro atoms. The molecule has 3 N–H and O–H groups in total. The van der Waals surface area contributed by atoms with Crippen molar-refractivity contribution in [1.82, 2.24) is 20.9 Å². The Morgan fingerprint density at radius 2 is 2.04 bits per heavy atom. The smallest absolute Gasteiger partial charge is 0.324 e. The summed E-state index contributed by atoms with van der Waals surface area (Å²) in [7, 11) is -3.24. The number of sulfone groups is 1. The third-order valence-corrected chi connectivity index (χ3v) is 5.22. The van der Waals surface area contributed by atoms with Crippen LogP contribution in [0.3, 0.4) is 0 Å². The summed E-state index contributed by atoms with van der Waals surface area (Å²) in [6.07, 6.45) is 1.19. The number of nitrogens with one attached hydrogen (secondary N) is 3. The fourth-order valence-electron chi connectivity index (χ4n) is 2.71. The number of aryl methyl sites for hydroxylation is 1. The first kappa shape index (κ1) is 20.7. The number of carbonyl (C=O) groups excluding carboxylic acids is 2. The van der Waals surface area contributed by atoms with Crippen LogP contribution in [-0.4, -0.2) is 63.7 Å². The van der Waals surface area contributed by atoms with E-state index < -0.39 is 9.84 Å². The van der Waals surface area contributed by atoms with Crippen LogP contribution < -0.4 is 16.0 Å². The van der Waals surface area contributed by atoms with Gasteiger partial charge in [-0.15, -0.1) is 0 Å². The highest BCUT2D eigenvalue weighted by Gasteiger charge is 2.27. The lowest BCUT2D eigenvalue weighted by molar-refractivity contribution is -0.124. The van der Waals surface area contributed by atoms with Gasteiger partial charge in [-0.1, -0.05) is 12.1 Å². The second-order valence-corrected chi connectivity index (χ2v) is 8.18. The highest BCUT2D eigenvalue weighted by atomic mass is 32.2. The molecule has 0 radical (unpaired) electrons. The molecule has 1 heterocycles. The molecule has 0 saturated carbocycles. The molecule has 1 fully saturated rings. The molecule has 0 aliphatic carbocycles. The number of urea groups is 1. The second kappa shape index (κ2) is 8.85. The minimum absolute atomic E-state index is 0.0375. The Kier molecular flexibility index (Phi) is 6.78. The van der Waals surface area contributed by atoms with Crippen LogP contribution in [-0.2, 0) is 21.2 Å². The molecule has 1 aliphatic heterocycles. The van der Waals surface area contributed by atoms with Gasteiger partial charge in [-0.3, -0.25) is 9.69 Å². The maximum Gasteiger partial charge on any atom is 0.324 e. The predicted molar refractivity (Wildman–Crippen MR) is 102 cm³/mol. The number of imide groups is 1. The van der Waals surface area contributed by atoms with E-state index in [4.69, 9.17) is 0 Å².